The van der Waals surface area contributed by atoms with Gasteiger partial charge in [-0.1, -0.05) is 6.07 Å². The molecule has 9 heteroatoms. The van der Waals surface area contributed by atoms with E-state index in [0.29, 0.717) is 29.3 Å². The number of benzene rings is 2. The van der Waals surface area contributed by atoms with Gasteiger partial charge in [0.1, 0.15) is 0 Å². The summed E-state index contributed by atoms with van der Waals surface area (Å²) in [5, 5.41) is 8.53. The lowest BCUT2D eigenvalue weighted by Crippen LogP contribution is -2.36. The molecule has 0 bridgehead atoms. The number of morpholine rings is 1. The number of ether oxygens (including phenoxy) is 2. The summed E-state index contributed by atoms with van der Waals surface area (Å²) in [6.45, 7) is 3.47. The normalized spacial score (nSPS) is 14.1. The molecule has 5 rings (SSSR count). The Balaban J connectivity index is 1.36. The third-order valence-corrected chi connectivity index (χ3v) is 5.41. The van der Waals surface area contributed by atoms with Crippen LogP contribution in [0.2, 0.25) is 0 Å². The molecule has 2 aromatic heterocycles. The fraction of sp³-hybridized carbons (Fsp3) is 0.261. The van der Waals surface area contributed by atoms with Crippen molar-refractivity contribution in [2.75, 3.05) is 37.8 Å². The van der Waals surface area contributed by atoms with Crippen LogP contribution in [0.25, 0.3) is 17.0 Å². The molecule has 3 heterocycles. The van der Waals surface area contributed by atoms with Crippen molar-refractivity contribution in [3.05, 3.63) is 72.1 Å². The van der Waals surface area contributed by atoms with E-state index >= 15 is 0 Å². The smallest absolute Gasteiger partial charge is 0.220 e. The molecular weight excluding hydrogens is 416 g/mol. The second kappa shape index (κ2) is 8.88. The second-order valence-corrected chi connectivity index (χ2v) is 7.46. The van der Waals surface area contributed by atoms with Crippen molar-refractivity contribution in [3.8, 4) is 17.3 Å². The molecule has 1 aliphatic rings. The molecular formula is C23H21F2N5O2. The summed E-state index contributed by atoms with van der Waals surface area (Å²) in [5.41, 5.74) is 3.23. The third-order valence-electron chi connectivity index (χ3n) is 5.41. The highest BCUT2D eigenvalue weighted by molar-refractivity contribution is 5.64. The van der Waals surface area contributed by atoms with Crippen molar-refractivity contribution in [2.45, 2.75) is 6.42 Å². The number of halogens is 2. The average Bonchev–Trinajstić information content (AvgIpc) is 3.27. The van der Waals surface area contributed by atoms with Crippen molar-refractivity contribution in [3.63, 3.8) is 0 Å². The highest BCUT2D eigenvalue weighted by atomic mass is 19.2. The maximum absolute atomic E-state index is 13.4. The van der Waals surface area contributed by atoms with Crippen LogP contribution in [-0.4, -0.2) is 52.5 Å². The van der Waals surface area contributed by atoms with E-state index in [4.69, 9.17) is 9.47 Å². The van der Waals surface area contributed by atoms with Gasteiger partial charge in [0.15, 0.2) is 23.1 Å². The molecule has 0 aliphatic carbocycles. The molecule has 0 saturated carbocycles. The molecule has 0 amide bonds. The molecule has 1 saturated heterocycles. The van der Waals surface area contributed by atoms with Crippen LogP contribution in [0.15, 0.2) is 54.9 Å². The molecule has 4 aromatic rings. The van der Waals surface area contributed by atoms with E-state index in [-0.39, 0.29) is 6.61 Å². The summed E-state index contributed by atoms with van der Waals surface area (Å²) in [4.78, 5) is 6.45. The van der Waals surface area contributed by atoms with Gasteiger partial charge in [0.05, 0.1) is 32.2 Å². The molecule has 0 radical (unpaired) electrons. The zero-order valence-electron chi connectivity index (χ0n) is 17.2. The number of aromatic nitrogens is 4. The topological polar surface area (TPSA) is 64.8 Å². The standard InChI is InChI=1S/C23H21F2N5O2/c24-19-6-1-16(13-20(19)25)7-10-32-22-15-26-14-21-27-28-23(30(21)22)17-2-4-18(5-3-17)29-8-11-31-12-9-29/h1-6,13-15H,7-12H2. The van der Waals surface area contributed by atoms with Gasteiger partial charge in [0.25, 0.3) is 0 Å². The van der Waals surface area contributed by atoms with Gasteiger partial charge >= 0.3 is 0 Å². The van der Waals surface area contributed by atoms with E-state index in [1.807, 2.05) is 12.1 Å². The van der Waals surface area contributed by atoms with Gasteiger partial charge in [-0.05, 0) is 42.0 Å². The lowest BCUT2D eigenvalue weighted by atomic mass is 10.1. The van der Waals surface area contributed by atoms with Gasteiger partial charge < -0.3 is 14.4 Å². The number of fused-ring (bicyclic) bond motifs is 1. The Morgan fingerprint density at radius 1 is 0.938 bits per heavy atom. The van der Waals surface area contributed by atoms with E-state index in [9.17, 15) is 8.78 Å². The number of anilines is 1. The first-order chi connectivity index (χ1) is 15.7. The second-order valence-electron chi connectivity index (χ2n) is 7.46. The summed E-state index contributed by atoms with van der Waals surface area (Å²) in [6, 6.07) is 12.0. The minimum atomic E-state index is -0.868. The predicted molar refractivity (Wildman–Crippen MR) is 115 cm³/mol. The zero-order valence-corrected chi connectivity index (χ0v) is 17.2. The first-order valence-corrected chi connectivity index (χ1v) is 10.4. The maximum Gasteiger partial charge on any atom is 0.220 e. The van der Waals surface area contributed by atoms with Crippen LogP contribution in [0.5, 0.6) is 5.88 Å². The lowest BCUT2D eigenvalue weighted by Gasteiger charge is -2.28. The van der Waals surface area contributed by atoms with Crippen molar-refractivity contribution in [1.82, 2.24) is 19.6 Å². The third kappa shape index (κ3) is 4.11. The van der Waals surface area contributed by atoms with Crippen molar-refractivity contribution < 1.29 is 18.3 Å². The van der Waals surface area contributed by atoms with Crippen LogP contribution in [0.4, 0.5) is 14.5 Å². The quantitative estimate of drug-likeness (QED) is 0.460. The average molecular weight is 437 g/mol. The van der Waals surface area contributed by atoms with E-state index in [0.717, 1.165) is 43.6 Å². The molecule has 0 unspecified atom stereocenters. The highest BCUT2D eigenvalue weighted by Crippen LogP contribution is 2.26. The number of hydrogen-bond acceptors (Lipinski definition) is 6. The van der Waals surface area contributed by atoms with E-state index in [1.165, 1.54) is 6.07 Å². The van der Waals surface area contributed by atoms with Crippen molar-refractivity contribution in [2.24, 2.45) is 0 Å². The molecule has 2 aromatic carbocycles. The van der Waals surface area contributed by atoms with Crippen molar-refractivity contribution >= 4 is 11.3 Å². The van der Waals surface area contributed by atoms with E-state index in [1.54, 1.807) is 22.9 Å². The lowest BCUT2D eigenvalue weighted by molar-refractivity contribution is 0.122. The minimum Gasteiger partial charge on any atom is -0.477 e. The Hall–Kier alpha value is -3.59. The van der Waals surface area contributed by atoms with Crippen LogP contribution in [0, 0.1) is 11.6 Å². The van der Waals surface area contributed by atoms with Gasteiger partial charge in [-0.25, -0.2) is 13.2 Å². The molecule has 164 valence electrons. The predicted octanol–water partition coefficient (Wildman–Crippen LogP) is 3.53. The molecule has 0 N–H and O–H groups in total. The van der Waals surface area contributed by atoms with Crippen LogP contribution < -0.4 is 9.64 Å². The first-order valence-electron chi connectivity index (χ1n) is 10.4. The molecule has 1 aliphatic heterocycles. The van der Waals surface area contributed by atoms with Crippen LogP contribution >= 0.6 is 0 Å². The molecule has 7 nitrogen and oxygen atoms in total. The Labute approximate surface area is 183 Å². The molecule has 0 atom stereocenters. The van der Waals surface area contributed by atoms with Crippen LogP contribution in [0.3, 0.4) is 0 Å². The molecule has 32 heavy (non-hydrogen) atoms. The molecule has 1 fully saturated rings. The first kappa shape index (κ1) is 20.3. The summed E-state index contributed by atoms with van der Waals surface area (Å²) >= 11 is 0. The largest absolute Gasteiger partial charge is 0.477 e. The van der Waals surface area contributed by atoms with Crippen LogP contribution in [-0.2, 0) is 11.2 Å². The van der Waals surface area contributed by atoms with Gasteiger partial charge in [-0.15, -0.1) is 10.2 Å². The summed E-state index contributed by atoms with van der Waals surface area (Å²) in [6.07, 6.45) is 3.62. The van der Waals surface area contributed by atoms with E-state index in [2.05, 4.69) is 32.2 Å². The Morgan fingerprint density at radius 3 is 2.53 bits per heavy atom. The Morgan fingerprint density at radius 2 is 1.75 bits per heavy atom. The Bertz CT molecular complexity index is 1220. The monoisotopic (exact) mass is 437 g/mol. The molecule has 0 spiro atoms. The summed E-state index contributed by atoms with van der Waals surface area (Å²) < 4.78 is 39.7. The minimum absolute atomic E-state index is 0.263. The van der Waals surface area contributed by atoms with Gasteiger partial charge in [-0.2, -0.15) is 0 Å². The van der Waals surface area contributed by atoms with Gasteiger partial charge in [0.2, 0.25) is 5.88 Å². The van der Waals surface area contributed by atoms with Gasteiger partial charge in [0, 0.05) is 30.8 Å². The highest BCUT2D eigenvalue weighted by Gasteiger charge is 2.15. The Kier molecular flexibility index (Phi) is 5.64. The maximum atomic E-state index is 13.4. The number of hydrogen-bond donors (Lipinski definition) is 0. The summed E-state index contributed by atoms with van der Waals surface area (Å²) in [5.74, 6) is -0.619. The van der Waals surface area contributed by atoms with Crippen molar-refractivity contribution in [1.29, 1.82) is 0 Å². The van der Waals surface area contributed by atoms with Crippen LogP contribution in [0.1, 0.15) is 5.56 Å². The number of rotatable bonds is 6. The number of nitrogens with zero attached hydrogens (tertiary/aromatic N) is 5. The fourth-order valence-corrected chi connectivity index (χ4v) is 3.72. The van der Waals surface area contributed by atoms with E-state index < -0.39 is 11.6 Å². The SMILES string of the molecule is Fc1ccc(CCOc2cncc3nnc(-c4ccc(N5CCOCC5)cc4)n23)cc1F. The van der Waals surface area contributed by atoms with Gasteiger partial charge in [-0.3, -0.25) is 4.98 Å². The zero-order chi connectivity index (χ0) is 21.9. The fourth-order valence-electron chi connectivity index (χ4n) is 3.72. The summed E-state index contributed by atoms with van der Waals surface area (Å²) in [7, 11) is 0.